The molecular formula is C12H18BrNO3S. The standard InChI is InChI=1S/C12H18BrNO3S/c1-4-9(3)14-18(15,16)10-6-7-11(13)12(8-10)17-5-2/h6-9,14H,4-5H2,1-3H3/t9-/m0/s1. The number of benzene rings is 1. The first kappa shape index (κ1) is 15.5. The minimum atomic E-state index is -3.48. The molecule has 1 aromatic carbocycles. The second-order valence-electron chi connectivity index (χ2n) is 3.96. The van der Waals surface area contributed by atoms with Gasteiger partial charge in [0, 0.05) is 12.1 Å². The topological polar surface area (TPSA) is 55.4 Å². The molecule has 1 N–H and O–H groups in total. The fraction of sp³-hybridized carbons (Fsp3) is 0.500. The van der Waals surface area contributed by atoms with E-state index in [0.29, 0.717) is 12.4 Å². The molecule has 0 aromatic heterocycles. The van der Waals surface area contributed by atoms with E-state index < -0.39 is 10.0 Å². The maximum atomic E-state index is 12.1. The van der Waals surface area contributed by atoms with Gasteiger partial charge in [-0.15, -0.1) is 0 Å². The number of nitrogens with one attached hydrogen (secondary N) is 1. The highest BCUT2D eigenvalue weighted by Gasteiger charge is 2.18. The number of hydrogen-bond donors (Lipinski definition) is 1. The molecule has 0 amide bonds. The van der Waals surface area contributed by atoms with E-state index in [9.17, 15) is 8.42 Å². The van der Waals surface area contributed by atoms with E-state index in [-0.39, 0.29) is 10.9 Å². The normalized spacial score (nSPS) is 13.3. The van der Waals surface area contributed by atoms with Gasteiger partial charge in [-0.3, -0.25) is 0 Å². The molecule has 0 aliphatic rings. The Morgan fingerprint density at radius 1 is 1.39 bits per heavy atom. The Morgan fingerprint density at radius 2 is 2.06 bits per heavy atom. The average molecular weight is 336 g/mol. The van der Waals surface area contributed by atoms with Gasteiger partial charge in [0.15, 0.2) is 0 Å². The van der Waals surface area contributed by atoms with Gasteiger partial charge in [0.2, 0.25) is 10.0 Å². The lowest BCUT2D eigenvalue weighted by molar-refractivity contribution is 0.337. The summed E-state index contributed by atoms with van der Waals surface area (Å²) in [5, 5.41) is 0. The van der Waals surface area contributed by atoms with E-state index in [1.165, 1.54) is 6.07 Å². The van der Waals surface area contributed by atoms with E-state index in [1.54, 1.807) is 12.1 Å². The first-order chi connectivity index (χ1) is 8.40. The van der Waals surface area contributed by atoms with Gasteiger partial charge in [-0.05, 0) is 48.3 Å². The Balaban J connectivity index is 3.05. The molecule has 18 heavy (non-hydrogen) atoms. The van der Waals surface area contributed by atoms with Crippen molar-refractivity contribution < 1.29 is 13.2 Å². The van der Waals surface area contributed by atoms with Crippen LogP contribution in [0.4, 0.5) is 0 Å². The molecule has 4 nitrogen and oxygen atoms in total. The predicted molar refractivity (Wildman–Crippen MR) is 75.4 cm³/mol. The molecule has 0 saturated heterocycles. The average Bonchev–Trinajstić information content (AvgIpc) is 2.31. The zero-order valence-electron chi connectivity index (χ0n) is 10.7. The van der Waals surface area contributed by atoms with E-state index in [2.05, 4.69) is 20.7 Å². The van der Waals surface area contributed by atoms with Crippen molar-refractivity contribution >= 4 is 26.0 Å². The molecular weight excluding hydrogens is 318 g/mol. The lowest BCUT2D eigenvalue weighted by Gasteiger charge is -2.13. The van der Waals surface area contributed by atoms with Gasteiger partial charge in [-0.25, -0.2) is 13.1 Å². The fourth-order valence-electron chi connectivity index (χ4n) is 1.33. The van der Waals surface area contributed by atoms with Crippen molar-refractivity contribution in [2.75, 3.05) is 6.61 Å². The van der Waals surface area contributed by atoms with Crippen LogP contribution in [0.2, 0.25) is 0 Å². The minimum absolute atomic E-state index is 0.0887. The van der Waals surface area contributed by atoms with Crippen molar-refractivity contribution in [3.05, 3.63) is 22.7 Å². The second-order valence-corrected chi connectivity index (χ2v) is 6.52. The summed E-state index contributed by atoms with van der Waals surface area (Å²) in [5.41, 5.74) is 0. The van der Waals surface area contributed by atoms with Crippen molar-refractivity contribution in [1.82, 2.24) is 4.72 Å². The molecule has 1 aromatic rings. The zero-order chi connectivity index (χ0) is 13.8. The fourth-order valence-corrected chi connectivity index (χ4v) is 3.04. The molecule has 102 valence electrons. The Hall–Kier alpha value is -0.590. The molecule has 0 heterocycles. The summed E-state index contributed by atoms with van der Waals surface area (Å²) in [7, 11) is -3.48. The molecule has 1 rings (SSSR count). The Bertz CT molecular complexity index is 502. The predicted octanol–water partition coefficient (Wildman–Crippen LogP) is 2.92. The second kappa shape index (κ2) is 6.54. The highest BCUT2D eigenvalue weighted by Crippen LogP contribution is 2.28. The molecule has 0 bridgehead atoms. The lowest BCUT2D eigenvalue weighted by Crippen LogP contribution is -2.32. The van der Waals surface area contributed by atoms with E-state index in [4.69, 9.17) is 4.74 Å². The molecule has 0 aliphatic heterocycles. The van der Waals surface area contributed by atoms with Crippen molar-refractivity contribution in [2.24, 2.45) is 0 Å². The molecule has 0 spiro atoms. The maximum absolute atomic E-state index is 12.1. The van der Waals surface area contributed by atoms with Gasteiger partial charge >= 0.3 is 0 Å². The van der Waals surface area contributed by atoms with Crippen molar-refractivity contribution in [3.63, 3.8) is 0 Å². The molecule has 0 unspecified atom stereocenters. The summed E-state index contributed by atoms with van der Waals surface area (Å²) in [6.07, 6.45) is 0.744. The third-order valence-corrected chi connectivity index (χ3v) is 4.72. The van der Waals surface area contributed by atoms with Gasteiger partial charge in [-0.1, -0.05) is 6.92 Å². The highest BCUT2D eigenvalue weighted by atomic mass is 79.9. The van der Waals surface area contributed by atoms with Crippen molar-refractivity contribution in [3.8, 4) is 5.75 Å². The van der Waals surface area contributed by atoms with Crippen LogP contribution in [0.1, 0.15) is 27.2 Å². The summed E-state index contributed by atoms with van der Waals surface area (Å²) in [6, 6.07) is 4.67. The van der Waals surface area contributed by atoms with Gasteiger partial charge < -0.3 is 4.74 Å². The Morgan fingerprint density at radius 3 is 2.61 bits per heavy atom. The van der Waals surface area contributed by atoms with Crippen molar-refractivity contribution in [2.45, 2.75) is 38.1 Å². The Kier molecular flexibility index (Phi) is 5.62. The van der Waals surface area contributed by atoms with Crippen LogP contribution in [0.15, 0.2) is 27.6 Å². The summed E-state index contributed by atoms with van der Waals surface area (Å²) < 4.78 is 32.9. The van der Waals surface area contributed by atoms with Crippen LogP contribution in [-0.2, 0) is 10.0 Å². The minimum Gasteiger partial charge on any atom is -0.493 e. The van der Waals surface area contributed by atoms with Crippen LogP contribution in [0, 0.1) is 0 Å². The van der Waals surface area contributed by atoms with Gasteiger partial charge in [0.1, 0.15) is 5.75 Å². The largest absolute Gasteiger partial charge is 0.493 e. The number of rotatable bonds is 6. The van der Waals surface area contributed by atoms with E-state index >= 15 is 0 Å². The van der Waals surface area contributed by atoms with Crippen LogP contribution >= 0.6 is 15.9 Å². The molecule has 6 heteroatoms. The number of hydrogen-bond acceptors (Lipinski definition) is 3. The molecule has 1 atom stereocenters. The summed E-state index contributed by atoms with van der Waals surface area (Å²) in [4.78, 5) is 0.217. The highest BCUT2D eigenvalue weighted by molar-refractivity contribution is 9.10. The van der Waals surface area contributed by atoms with Crippen LogP contribution in [0.25, 0.3) is 0 Å². The van der Waals surface area contributed by atoms with E-state index in [1.807, 2.05) is 20.8 Å². The number of sulfonamides is 1. The molecule has 0 saturated carbocycles. The van der Waals surface area contributed by atoms with Crippen LogP contribution in [0.5, 0.6) is 5.75 Å². The van der Waals surface area contributed by atoms with E-state index in [0.717, 1.165) is 10.9 Å². The monoisotopic (exact) mass is 335 g/mol. The smallest absolute Gasteiger partial charge is 0.240 e. The van der Waals surface area contributed by atoms with Crippen LogP contribution in [-0.4, -0.2) is 21.1 Å². The van der Waals surface area contributed by atoms with Gasteiger partial charge in [0.05, 0.1) is 16.0 Å². The summed E-state index contributed by atoms with van der Waals surface area (Å²) >= 11 is 3.32. The lowest BCUT2D eigenvalue weighted by atomic mass is 10.3. The molecule has 0 fully saturated rings. The number of ether oxygens (including phenoxy) is 1. The van der Waals surface area contributed by atoms with Crippen LogP contribution < -0.4 is 9.46 Å². The zero-order valence-corrected chi connectivity index (χ0v) is 13.1. The Labute approximate surface area is 117 Å². The SMILES string of the molecule is CCOc1cc(S(=O)(=O)N[C@@H](C)CC)ccc1Br. The third kappa shape index (κ3) is 3.96. The molecule has 0 radical (unpaired) electrons. The molecule has 0 aliphatic carbocycles. The first-order valence-corrected chi connectivity index (χ1v) is 8.13. The van der Waals surface area contributed by atoms with Crippen LogP contribution in [0.3, 0.4) is 0 Å². The van der Waals surface area contributed by atoms with Crippen molar-refractivity contribution in [1.29, 1.82) is 0 Å². The van der Waals surface area contributed by atoms with Gasteiger partial charge in [-0.2, -0.15) is 0 Å². The van der Waals surface area contributed by atoms with Gasteiger partial charge in [0.25, 0.3) is 0 Å². The quantitative estimate of drug-likeness (QED) is 0.869. The first-order valence-electron chi connectivity index (χ1n) is 5.85. The summed E-state index contributed by atoms with van der Waals surface area (Å²) in [5.74, 6) is 0.532. The maximum Gasteiger partial charge on any atom is 0.240 e. The summed E-state index contributed by atoms with van der Waals surface area (Å²) in [6.45, 7) is 6.10. The number of halogens is 1. The third-order valence-electron chi connectivity index (χ3n) is 2.48.